The minimum absolute atomic E-state index is 0.0545. The largest absolute Gasteiger partial charge is 0.455 e. The number of nitrogens with zero attached hydrogens (tertiary/aromatic N) is 7. The first kappa shape index (κ1) is 27.3. The van der Waals surface area contributed by atoms with Gasteiger partial charge in [-0.1, -0.05) is 6.58 Å². The Balaban J connectivity index is 1.26. The van der Waals surface area contributed by atoms with Crippen molar-refractivity contribution in [1.29, 1.82) is 0 Å². The molecule has 11 heteroatoms. The van der Waals surface area contributed by atoms with Crippen molar-refractivity contribution in [2.75, 3.05) is 18.9 Å². The first-order valence-electron chi connectivity index (χ1n) is 13.7. The third-order valence-electron chi connectivity index (χ3n) is 8.18. The van der Waals surface area contributed by atoms with Gasteiger partial charge in [-0.05, 0) is 62.7 Å². The maximum atomic E-state index is 15.7. The smallest absolute Gasteiger partial charge is 0.246 e. The average molecular weight is 567 g/mol. The number of imidazole rings is 1. The molecule has 1 amide bonds. The van der Waals surface area contributed by atoms with Gasteiger partial charge in [-0.3, -0.25) is 14.8 Å². The van der Waals surface area contributed by atoms with Gasteiger partial charge in [-0.2, -0.15) is 0 Å². The van der Waals surface area contributed by atoms with Gasteiger partial charge in [-0.25, -0.2) is 19.3 Å². The molecule has 2 fully saturated rings. The van der Waals surface area contributed by atoms with Crippen molar-refractivity contribution in [2.45, 2.75) is 31.7 Å². The number of carbonyl (C=O) groups is 1. The maximum Gasteiger partial charge on any atom is 0.246 e. The molecule has 4 aromatic rings. The van der Waals surface area contributed by atoms with E-state index in [1.165, 1.54) is 6.08 Å². The van der Waals surface area contributed by atoms with Gasteiger partial charge in [0.25, 0.3) is 0 Å². The van der Waals surface area contributed by atoms with Crippen molar-refractivity contribution in [1.82, 2.24) is 24.4 Å². The van der Waals surface area contributed by atoms with Crippen LogP contribution in [0.4, 0.5) is 15.8 Å². The summed E-state index contributed by atoms with van der Waals surface area (Å²) in [5.41, 5.74) is 3.75. The third-order valence-corrected chi connectivity index (χ3v) is 8.18. The van der Waals surface area contributed by atoms with Crippen LogP contribution in [0.2, 0.25) is 0 Å². The van der Waals surface area contributed by atoms with E-state index in [0.29, 0.717) is 45.7 Å². The Bertz CT molecular complexity index is 1760. The second-order valence-corrected chi connectivity index (χ2v) is 10.7. The van der Waals surface area contributed by atoms with Crippen molar-refractivity contribution in [3.63, 3.8) is 0 Å². The number of aromatic nitrogens is 4. The molecule has 1 saturated heterocycles. The fourth-order valence-corrected chi connectivity index (χ4v) is 6.09. The molecule has 0 spiro atoms. The van der Waals surface area contributed by atoms with Gasteiger partial charge in [0.15, 0.2) is 17.3 Å². The number of aliphatic imine (C=N–C) groups is 2. The van der Waals surface area contributed by atoms with E-state index in [4.69, 9.17) is 9.72 Å². The highest BCUT2D eigenvalue weighted by Crippen LogP contribution is 2.47. The molecule has 3 aromatic heterocycles. The van der Waals surface area contributed by atoms with Crippen LogP contribution in [0.25, 0.3) is 11.2 Å². The molecular formula is C31H31FN8O2. The fourth-order valence-electron chi connectivity index (χ4n) is 6.09. The molecule has 214 valence electrons. The first-order chi connectivity index (χ1) is 20.3. The zero-order valence-electron chi connectivity index (χ0n) is 23.7. The van der Waals surface area contributed by atoms with E-state index in [2.05, 4.69) is 38.6 Å². The van der Waals surface area contributed by atoms with Gasteiger partial charge < -0.3 is 19.5 Å². The summed E-state index contributed by atoms with van der Waals surface area (Å²) in [4.78, 5) is 36.5. The third kappa shape index (κ3) is 4.70. The van der Waals surface area contributed by atoms with Crippen molar-refractivity contribution in [2.24, 2.45) is 23.0 Å². The van der Waals surface area contributed by atoms with Crippen LogP contribution in [0.15, 0.2) is 65.5 Å². The summed E-state index contributed by atoms with van der Waals surface area (Å²) in [6.07, 6.45) is 6.52. The van der Waals surface area contributed by atoms with Crippen molar-refractivity contribution < 1.29 is 13.9 Å². The molecule has 4 heterocycles. The van der Waals surface area contributed by atoms with E-state index in [1.54, 1.807) is 44.7 Å². The van der Waals surface area contributed by atoms with Crippen LogP contribution >= 0.6 is 0 Å². The lowest BCUT2D eigenvalue weighted by Crippen LogP contribution is -2.40. The predicted octanol–water partition coefficient (Wildman–Crippen LogP) is 5.31. The minimum atomic E-state index is -0.489. The predicted molar refractivity (Wildman–Crippen MR) is 160 cm³/mol. The number of halogens is 1. The lowest BCUT2D eigenvalue weighted by molar-refractivity contribution is -0.127. The molecule has 0 radical (unpaired) electrons. The molecule has 2 aliphatic rings. The summed E-state index contributed by atoms with van der Waals surface area (Å²) in [6.45, 7) is 9.74. The number of pyridine rings is 2. The fraction of sp³-hybridized carbons (Fsp3) is 0.290. The molecule has 3 atom stereocenters. The van der Waals surface area contributed by atoms with Gasteiger partial charge >= 0.3 is 0 Å². The van der Waals surface area contributed by atoms with E-state index in [1.807, 2.05) is 28.6 Å². The Hall–Kier alpha value is -4.93. The van der Waals surface area contributed by atoms with Crippen LogP contribution in [0, 0.1) is 18.7 Å². The molecule has 6 rings (SSSR count). The SMILES string of the molecule is C=CC(=O)N1C[C@H]2C[C@@H]1[C@H](c1ccc(N=C)c(C(=NC)Nc3ccc(Oc4cnc5c(c4)ncn5C)c(C)c3F)n1)C2. The molecule has 10 nitrogen and oxygen atoms in total. The van der Waals surface area contributed by atoms with Gasteiger partial charge in [-0.15, -0.1) is 0 Å². The number of likely N-dealkylation sites (tertiary alicyclic amines) is 1. The average Bonchev–Trinajstić information content (AvgIpc) is 3.73. The van der Waals surface area contributed by atoms with E-state index in [9.17, 15) is 4.79 Å². The zero-order chi connectivity index (χ0) is 29.5. The molecular weight excluding hydrogens is 535 g/mol. The highest BCUT2D eigenvalue weighted by atomic mass is 19.1. The Morgan fingerprint density at radius 3 is 2.81 bits per heavy atom. The summed E-state index contributed by atoms with van der Waals surface area (Å²) in [6, 6.07) is 8.88. The number of hydrogen-bond donors (Lipinski definition) is 1. The van der Waals surface area contributed by atoms with Crippen LogP contribution in [0.3, 0.4) is 0 Å². The Morgan fingerprint density at radius 2 is 2.07 bits per heavy atom. The lowest BCUT2D eigenvalue weighted by atomic mass is 9.93. The number of benzene rings is 1. The molecule has 1 aromatic carbocycles. The number of nitrogens with one attached hydrogen (secondary N) is 1. The molecule has 0 unspecified atom stereocenters. The summed E-state index contributed by atoms with van der Waals surface area (Å²) in [7, 11) is 3.47. The van der Waals surface area contributed by atoms with E-state index in [0.717, 1.165) is 30.7 Å². The second-order valence-electron chi connectivity index (χ2n) is 10.7. The number of hydrogen-bond acceptors (Lipinski definition) is 7. The summed E-state index contributed by atoms with van der Waals surface area (Å²) in [5.74, 6) is 1.13. The van der Waals surface area contributed by atoms with Crippen molar-refractivity contribution in [3.8, 4) is 11.5 Å². The van der Waals surface area contributed by atoms with Gasteiger partial charge in [0.2, 0.25) is 5.91 Å². The summed E-state index contributed by atoms with van der Waals surface area (Å²) >= 11 is 0. The molecule has 1 aliphatic heterocycles. The molecule has 1 aliphatic carbocycles. The van der Waals surface area contributed by atoms with Crippen LogP contribution < -0.4 is 10.1 Å². The number of anilines is 1. The van der Waals surface area contributed by atoms with Crippen molar-refractivity contribution >= 4 is 41.0 Å². The number of fused-ring (bicyclic) bond motifs is 3. The Kier molecular flexibility index (Phi) is 7.01. The van der Waals surface area contributed by atoms with Gasteiger partial charge in [0.1, 0.15) is 22.7 Å². The molecule has 1 N–H and O–H groups in total. The molecule has 1 saturated carbocycles. The maximum absolute atomic E-state index is 15.7. The van der Waals surface area contributed by atoms with E-state index in [-0.39, 0.29) is 23.6 Å². The van der Waals surface area contributed by atoms with Crippen LogP contribution in [-0.2, 0) is 11.8 Å². The quantitative estimate of drug-likeness (QED) is 0.184. The van der Waals surface area contributed by atoms with E-state index < -0.39 is 5.82 Å². The number of carbonyl (C=O) groups excluding carboxylic acids is 1. The number of ether oxygens (including phenoxy) is 1. The molecule has 42 heavy (non-hydrogen) atoms. The van der Waals surface area contributed by atoms with E-state index >= 15 is 4.39 Å². The van der Waals surface area contributed by atoms with Crippen molar-refractivity contribution in [3.05, 3.63) is 78.3 Å². The number of amidine groups is 1. The van der Waals surface area contributed by atoms with Gasteiger partial charge in [0, 0.05) is 49.9 Å². The number of piperidine rings is 1. The lowest BCUT2D eigenvalue weighted by Gasteiger charge is -2.32. The number of amides is 1. The highest BCUT2D eigenvalue weighted by molar-refractivity contribution is 6.10. The van der Waals surface area contributed by atoms with Crippen LogP contribution in [-0.4, -0.2) is 62.5 Å². The Labute approximate surface area is 242 Å². The summed E-state index contributed by atoms with van der Waals surface area (Å²) in [5, 5.41) is 3.10. The number of rotatable bonds is 7. The molecule has 2 bridgehead atoms. The normalized spacial score (nSPS) is 19.8. The highest BCUT2D eigenvalue weighted by Gasteiger charge is 2.47. The number of aryl methyl sites for hydroxylation is 1. The Morgan fingerprint density at radius 1 is 1.24 bits per heavy atom. The monoisotopic (exact) mass is 566 g/mol. The topological polar surface area (TPSA) is 110 Å². The first-order valence-corrected chi connectivity index (χ1v) is 13.7. The summed E-state index contributed by atoms with van der Waals surface area (Å²) < 4.78 is 23.4. The van der Waals surface area contributed by atoms with Crippen LogP contribution in [0.1, 0.15) is 35.7 Å². The zero-order valence-corrected chi connectivity index (χ0v) is 23.7. The van der Waals surface area contributed by atoms with Gasteiger partial charge in [0.05, 0.1) is 23.9 Å². The minimum Gasteiger partial charge on any atom is -0.455 e. The van der Waals surface area contributed by atoms with Crippen LogP contribution in [0.5, 0.6) is 11.5 Å². The standard InChI is InChI=1S/C31H31FN8O2/c1-6-27(41)40-15-18-11-20(25(40)12-18)21-7-8-23(33-3)29(37-21)30(34-4)38-22-9-10-26(17(2)28(22)32)42-19-13-24-31(35-14-19)39(5)16-36-24/h6-10,13-14,16,18,20,25H,1,3,11-12,15H2,2,4-5H3,(H,34,38)/t18-,20+,25-/m1/s1. The second kappa shape index (κ2) is 10.8.